The number of phenols is 1. The molecule has 0 saturated heterocycles. The fourth-order valence-corrected chi connectivity index (χ4v) is 2.73. The highest BCUT2D eigenvalue weighted by Gasteiger charge is 2.09. The van der Waals surface area contributed by atoms with Gasteiger partial charge >= 0.3 is 0 Å². The van der Waals surface area contributed by atoms with Crippen LogP contribution in [0.15, 0.2) is 41.3 Å². The van der Waals surface area contributed by atoms with Gasteiger partial charge < -0.3 is 10.8 Å². The van der Waals surface area contributed by atoms with Gasteiger partial charge in [-0.2, -0.15) is 0 Å². The van der Waals surface area contributed by atoms with Crippen molar-refractivity contribution in [2.75, 3.05) is 12.0 Å². The van der Waals surface area contributed by atoms with E-state index in [0.717, 1.165) is 16.0 Å². The second kappa shape index (κ2) is 4.90. The summed E-state index contributed by atoms with van der Waals surface area (Å²) in [4.78, 5) is 0.998. The number of benzene rings is 2. The molecule has 0 bridgehead atoms. The van der Waals surface area contributed by atoms with E-state index in [1.807, 2.05) is 30.5 Å². The van der Waals surface area contributed by atoms with Gasteiger partial charge in [0.1, 0.15) is 5.75 Å². The number of hydrogen-bond donors (Lipinski definition) is 2. The minimum absolute atomic E-state index is 0.0922. The Labute approximate surface area is 109 Å². The van der Waals surface area contributed by atoms with Crippen LogP contribution in [0, 0.1) is 0 Å². The summed E-state index contributed by atoms with van der Waals surface area (Å²) in [5.41, 5.74) is 7.87. The molecule has 0 saturated carbocycles. The number of rotatable bonds is 2. The van der Waals surface area contributed by atoms with Gasteiger partial charge in [0.25, 0.3) is 0 Å². The number of nitrogens with two attached hydrogens (primary N) is 1. The summed E-state index contributed by atoms with van der Waals surface area (Å²) >= 11 is 7.72. The zero-order valence-corrected chi connectivity index (χ0v) is 10.8. The monoisotopic (exact) mass is 265 g/mol. The lowest BCUT2D eigenvalue weighted by atomic mass is 10.0. The van der Waals surface area contributed by atoms with Crippen LogP contribution >= 0.6 is 23.4 Å². The van der Waals surface area contributed by atoms with Crippen molar-refractivity contribution in [1.82, 2.24) is 0 Å². The molecule has 2 nitrogen and oxygen atoms in total. The molecule has 2 aromatic carbocycles. The number of halogens is 1. The van der Waals surface area contributed by atoms with Gasteiger partial charge in [0.15, 0.2) is 0 Å². The second-order valence-corrected chi connectivity index (χ2v) is 4.82. The highest BCUT2D eigenvalue weighted by molar-refractivity contribution is 7.98. The SMILES string of the molecule is CSc1c(Cl)cccc1-c1ccc(N)c(O)c1. The van der Waals surface area contributed by atoms with E-state index in [4.69, 9.17) is 17.3 Å². The van der Waals surface area contributed by atoms with Gasteiger partial charge in [-0.05, 0) is 35.6 Å². The Kier molecular flexibility index (Phi) is 3.50. The standard InChI is InChI=1S/C13H12ClNOS/c1-17-13-9(3-2-4-10(13)14)8-5-6-11(15)12(16)7-8/h2-7,16H,15H2,1H3. The molecule has 17 heavy (non-hydrogen) atoms. The van der Waals surface area contributed by atoms with Crippen LogP contribution in [0.5, 0.6) is 5.75 Å². The molecule has 0 heterocycles. The third-order valence-corrected chi connectivity index (χ3v) is 3.79. The summed E-state index contributed by atoms with van der Waals surface area (Å²) in [6.45, 7) is 0. The van der Waals surface area contributed by atoms with Crippen LogP contribution in [0.1, 0.15) is 0 Å². The summed E-state index contributed by atoms with van der Waals surface area (Å²) in [5.74, 6) is 0.0922. The predicted octanol–water partition coefficient (Wildman–Crippen LogP) is 4.02. The Balaban J connectivity index is 2.60. The van der Waals surface area contributed by atoms with E-state index in [2.05, 4.69) is 0 Å². The Morgan fingerprint density at radius 2 is 2.00 bits per heavy atom. The average molecular weight is 266 g/mol. The maximum absolute atomic E-state index is 9.63. The molecular weight excluding hydrogens is 254 g/mol. The van der Waals surface area contributed by atoms with Crippen molar-refractivity contribution in [3.05, 3.63) is 41.4 Å². The van der Waals surface area contributed by atoms with Crippen LogP contribution in [0.4, 0.5) is 5.69 Å². The van der Waals surface area contributed by atoms with Gasteiger partial charge in [0.05, 0.1) is 10.7 Å². The summed E-state index contributed by atoms with van der Waals surface area (Å²) in [5, 5.41) is 10.3. The van der Waals surface area contributed by atoms with Crippen molar-refractivity contribution in [2.45, 2.75) is 4.90 Å². The van der Waals surface area contributed by atoms with Crippen molar-refractivity contribution in [3.63, 3.8) is 0 Å². The van der Waals surface area contributed by atoms with Gasteiger partial charge in [-0.1, -0.05) is 29.8 Å². The van der Waals surface area contributed by atoms with Crippen LogP contribution < -0.4 is 5.73 Å². The van der Waals surface area contributed by atoms with E-state index < -0.39 is 0 Å². The molecule has 0 aliphatic carbocycles. The largest absolute Gasteiger partial charge is 0.506 e. The van der Waals surface area contributed by atoms with Gasteiger partial charge in [0.2, 0.25) is 0 Å². The third kappa shape index (κ3) is 2.35. The predicted molar refractivity (Wildman–Crippen MR) is 74.7 cm³/mol. The van der Waals surface area contributed by atoms with E-state index in [-0.39, 0.29) is 5.75 Å². The maximum Gasteiger partial charge on any atom is 0.139 e. The Morgan fingerprint density at radius 1 is 1.24 bits per heavy atom. The normalized spacial score (nSPS) is 10.5. The number of anilines is 1. The number of thioether (sulfide) groups is 1. The van der Waals surface area contributed by atoms with Crippen LogP contribution in [0.3, 0.4) is 0 Å². The minimum atomic E-state index is 0.0922. The fraction of sp³-hybridized carbons (Fsp3) is 0.0769. The highest BCUT2D eigenvalue weighted by atomic mass is 35.5. The number of hydrogen-bond acceptors (Lipinski definition) is 3. The van der Waals surface area contributed by atoms with Crippen molar-refractivity contribution >= 4 is 29.1 Å². The molecule has 0 fully saturated rings. The molecule has 0 amide bonds. The molecule has 0 spiro atoms. The first-order valence-corrected chi connectivity index (χ1v) is 6.65. The first-order valence-electron chi connectivity index (χ1n) is 5.05. The zero-order valence-electron chi connectivity index (χ0n) is 9.27. The maximum atomic E-state index is 9.63. The Hall–Kier alpha value is -1.32. The summed E-state index contributed by atoms with van der Waals surface area (Å²) in [6, 6.07) is 10.9. The lowest BCUT2D eigenvalue weighted by Gasteiger charge is -2.10. The number of nitrogen functional groups attached to an aromatic ring is 1. The van der Waals surface area contributed by atoms with E-state index in [1.54, 1.807) is 23.9 Å². The first-order chi connectivity index (χ1) is 8.13. The molecule has 2 rings (SSSR count). The molecule has 4 heteroatoms. The van der Waals surface area contributed by atoms with Gasteiger partial charge in [-0.25, -0.2) is 0 Å². The minimum Gasteiger partial charge on any atom is -0.506 e. The van der Waals surface area contributed by atoms with Crippen molar-refractivity contribution in [1.29, 1.82) is 0 Å². The van der Waals surface area contributed by atoms with E-state index in [9.17, 15) is 5.11 Å². The lowest BCUT2D eigenvalue weighted by molar-refractivity contribution is 0.478. The fourth-order valence-electron chi connectivity index (χ4n) is 1.65. The molecule has 3 N–H and O–H groups in total. The van der Waals surface area contributed by atoms with Gasteiger partial charge in [-0.3, -0.25) is 0 Å². The smallest absolute Gasteiger partial charge is 0.139 e. The number of aromatic hydroxyl groups is 1. The van der Waals surface area contributed by atoms with Crippen LogP contribution in [0.2, 0.25) is 5.02 Å². The molecule has 2 aromatic rings. The Bertz CT molecular complexity index is 557. The average Bonchev–Trinajstić information content (AvgIpc) is 2.32. The molecule has 0 aliphatic rings. The topological polar surface area (TPSA) is 46.2 Å². The molecule has 0 aromatic heterocycles. The Morgan fingerprint density at radius 3 is 2.65 bits per heavy atom. The van der Waals surface area contributed by atoms with Crippen molar-refractivity contribution < 1.29 is 5.11 Å². The van der Waals surface area contributed by atoms with Crippen LogP contribution in [-0.2, 0) is 0 Å². The summed E-state index contributed by atoms with van der Waals surface area (Å²) in [7, 11) is 0. The van der Waals surface area contributed by atoms with Crippen molar-refractivity contribution in [3.8, 4) is 16.9 Å². The molecule has 0 aliphatic heterocycles. The summed E-state index contributed by atoms with van der Waals surface area (Å²) < 4.78 is 0. The van der Waals surface area contributed by atoms with E-state index in [1.165, 1.54) is 0 Å². The van der Waals surface area contributed by atoms with Gasteiger partial charge in [0, 0.05) is 4.90 Å². The molecule has 0 unspecified atom stereocenters. The first kappa shape index (κ1) is 12.1. The number of phenolic OH excluding ortho intramolecular Hbond substituents is 1. The van der Waals surface area contributed by atoms with Gasteiger partial charge in [-0.15, -0.1) is 11.8 Å². The van der Waals surface area contributed by atoms with Crippen molar-refractivity contribution in [2.24, 2.45) is 0 Å². The zero-order chi connectivity index (χ0) is 12.4. The van der Waals surface area contributed by atoms with E-state index in [0.29, 0.717) is 10.7 Å². The molecule has 0 radical (unpaired) electrons. The second-order valence-electron chi connectivity index (χ2n) is 3.59. The third-order valence-electron chi connectivity index (χ3n) is 2.51. The molecular formula is C13H12ClNOS. The molecule has 0 atom stereocenters. The molecule has 88 valence electrons. The summed E-state index contributed by atoms with van der Waals surface area (Å²) in [6.07, 6.45) is 1.97. The highest BCUT2D eigenvalue weighted by Crippen LogP contribution is 2.37. The van der Waals surface area contributed by atoms with Crippen LogP contribution in [-0.4, -0.2) is 11.4 Å². The van der Waals surface area contributed by atoms with Crippen LogP contribution in [0.25, 0.3) is 11.1 Å². The quantitative estimate of drug-likeness (QED) is 0.490. The lowest BCUT2D eigenvalue weighted by Crippen LogP contribution is -1.87. The van der Waals surface area contributed by atoms with E-state index >= 15 is 0 Å².